The number of fused-ring (bicyclic) bond motifs is 1. The van der Waals surface area contributed by atoms with Crippen LogP contribution in [-0.2, 0) is 17.2 Å². The van der Waals surface area contributed by atoms with Crippen molar-refractivity contribution in [1.29, 1.82) is 0 Å². The second kappa shape index (κ2) is 4.14. The van der Waals surface area contributed by atoms with Gasteiger partial charge in [0, 0.05) is 0 Å². The third-order valence-electron chi connectivity index (χ3n) is 3.57. The number of rotatable bonds is 2. The lowest BCUT2D eigenvalue weighted by molar-refractivity contribution is -0.137. The summed E-state index contributed by atoms with van der Waals surface area (Å²) in [5.41, 5.74) is 0.159. The van der Waals surface area contributed by atoms with Crippen LogP contribution in [0, 0.1) is 0 Å². The first kappa shape index (κ1) is 12.6. The monoisotopic (exact) mass is 260 g/mol. The van der Waals surface area contributed by atoms with Crippen LogP contribution >= 0.6 is 0 Å². The largest absolute Gasteiger partial charge is 0.416 e. The van der Waals surface area contributed by atoms with Gasteiger partial charge in [-0.3, -0.25) is 0 Å². The van der Waals surface area contributed by atoms with Gasteiger partial charge in [-0.1, -0.05) is 26.0 Å². The predicted octanol–water partition coefficient (Wildman–Crippen LogP) is 3.43. The minimum absolute atomic E-state index is 0.340. The van der Waals surface area contributed by atoms with Gasteiger partial charge in [-0.05, 0) is 28.9 Å². The summed E-state index contributed by atoms with van der Waals surface area (Å²) in [5, 5.41) is 1.05. The van der Waals surface area contributed by atoms with Crippen molar-refractivity contribution in [3.05, 3.63) is 29.3 Å². The molecular weight excluding hydrogens is 245 g/mol. The van der Waals surface area contributed by atoms with Crippen LogP contribution in [0.2, 0.25) is 12.1 Å². The summed E-state index contributed by atoms with van der Waals surface area (Å²) in [5.74, 6) is 0. The lowest BCUT2D eigenvalue weighted by Gasteiger charge is -2.23. The average molecular weight is 260 g/mol. The Balaban J connectivity index is 2.45. The molecule has 0 saturated heterocycles. The van der Waals surface area contributed by atoms with Gasteiger partial charge in [-0.15, -0.1) is 0 Å². The van der Waals surface area contributed by atoms with E-state index in [4.69, 9.17) is 4.43 Å². The zero-order valence-corrected chi connectivity index (χ0v) is 10.9. The highest BCUT2D eigenvalue weighted by molar-refractivity contribution is 6.87. The lowest BCUT2D eigenvalue weighted by atomic mass is 10.1. The van der Waals surface area contributed by atoms with Crippen molar-refractivity contribution < 1.29 is 17.6 Å². The van der Waals surface area contributed by atoms with E-state index in [0.29, 0.717) is 6.61 Å². The van der Waals surface area contributed by atoms with Crippen molar-refractivity contribution in [1.82, 2.24) is 0 Å². The van der Waals surface area contributed by atoms with Gasteiger partial charge in [0.15, 0.2) is 0 Å². The highest BCUT2D eigenvalue weighted by atomic mass is 28.4. The minimum Gasteiger partial charge on any atom is -0.408 e. The highest BCUT2D eigenvalue weighted by Gasteiger charge is 2.41. The molecule has 5 heteroatoms. The van der Waals surface area contributed by atoms with Gasteiger partial charge < -0.3 is 4.43 Å². The van der Waals surface area contributed by atoms with Crippen molar-refractivity contribution in [2.24, 2.45) is 0 Å². The lowest BCUT2D eigenvalue weighted by Crippen LogP contribution is -2.45. The van der Waals surface area contributed by atoms with Crippen molar-refractivity contribution in [2.75, 3.05) is 0 Å². The van der Waals surface area contributed by atoms with E-state index in [1.165, 1.54) is 12.1 Å². The predicted molar refractivity (Wildman–Crippen MR) is 62.6 cm³/mol. The summed E-state index contributed by atoms with van der Waals surface area (Å²) in [4.78, 5) is 0. The molecule has 0 fully saturated rings. The molecule has 0 bridgehead atoms. The standard InChI is InChI=1S/C12H15F3OSi/c1-3-17(4-2)11-6-5-10(12(13,14)15)7-9(11)8-16-17/h5-7H,3-4,8H2,1-2H3. The molecule has 1 nitrogen and oxygen atoms in total. The fraction of sp³-hybridized carbons (Fsp3) is 0.500. The molecule has 0 aromatic heterocycles. The molecule has 0 unspecified atom stereocenters. The maximum Gasteiger partial charge on any atom is 0.416 e. The molecule has 94 valence electrons. The van der Waals surface area contributed by atoms with E-state index in [-0.39, 0.29) is 0 Å². The van der Waals surface area contributed by atoms with E-state index in [2.05, 4.69) is 13.8 Å². The van der Waals surface area contributed by atoms with Gasteiger partial charge in [0.1, 0.15) is 0 Å². The van der Waals surface area contributed by atoms with E-state index in [9.17, 15) is 13.2 Å². The third kappa shape index (κ3) is 2.02. The van der Waals surface area contributed by atoms with Gasteiger partial charge >= 0.3 is 6.18 Å². The zero-order valence-electron chi connectivity index (χ0n) is 9.90. The molecule has 1 aliphatic rings. The molecule has 0 atom stereocenters. The minimum atomic E-state index is -4.26. The van der Waals surface area contributed by atoms with Gasteiger partial charge in [0.2, 0.25) is 8.32 Å². The van der Waals surface area contributed by atoms with Gasteiger partial charge in [0.25, 0.3) is 0 Å². The van der Waals surface area contributed by atoms with Crippen molar-refractivity contribution in [2.45, 2.75) is 38.7 Å². The molecule has 0 saturated carbocycles. The number of alkyl halides is 3. The van der Waals surface area contributed by atoms with Gasteiger partial charge in [-0.25, -0.2) is 0 Å². The van der Waals surface area contributed by atoms with Crippen LogP contribution in [0.25, 0.3) is 0 Å². The molecule has 1 aromatic rings. The number of hydrogen-bond donors (Lipinski definition) is 0. The van der Waals surface area contributed by atoms with Crippen LogP contribution < -0.4 is 5.19 Å². The summed E-state index contributed by atoms with van der Waals surface area (Å²) >= 11 is 0. The van der Waals surface area contributed by atoms with Gasteiger partial charge in [-0.2, -0.15) is 13.2 Å². The average Bonchev–Trinajstić information content (AvgIpc) is 2.66. The Labute approximate surface area is 99.7 Å². The van der Waals surface area contributed by atoms with Crippen molar-refractivity contribution >= 4 is 13.5 Å². The van der Waals surface area contributed by atoms with Crippen LogP contribution in [0.15, 0.2) is 18.2 Å². The summed E-state index contributed by atoms with van der Waals surface area (Å²) < 4.78 is 43.6. The van der Waals surface area contributed by atoms with E-state index in [1.807, 2.05) is 0 Å². The van der Waals surface area contributed by atoms with Crippen LogP contribution in [0.4, 0.5) is 13.2 Å². The Morgan fingerprint density at radius 3 is 2.41 bits per heavy atom. The van der Waals surface area contributed by atoms with Crippen LogP contribution in [0.3, 0.4) is 0 Å². The number of halogens is 3. The normalized spacial score (nSPS) is 18.2. The molecule has 0 N–H and O–H groups in total. The maximum atomic E-state index is 12.6. The second-order valence-corrected chi connectivity index (χ2v) is 8.59. The van der Waals surface area contributed by atoms with E-state index >= 15 is 0 Å². The Morgan fingerprint density at radius 2 is 1.88 bits per heavy atom. The topological polar surface area (TPSA) is 9.23 Å². The van der Waals surface area contributed by atoms with E-state index in [0.717, 1.165) is 22.8 Å². The van der Waals surface area contributed by atoms with Crippen molar-refractivity contribution in [3.63, 3.8) is 0 Å². The Kier molecular flexibility index (Phi) is 3.07. The summed E-state index contributed by atoms with van der Waals surface area (Å²) in [6.45, 7) is 4.46. The quantitative estimate of drug-likeness (QED) is 0.740. The molecular formula is C12H15F3OSi. The molecule has 1 heterocycles. The third-order valence-corrected chi connectivity index (χ3v) is 8.02. The van der Waals surface area contributed by atoms with Crippen LogP contribution in [0.5, 0.6) is 0 Å². The molecule has 0 spiro atoms. The highest BCUT2D eigenvalue weighted by Crippen LogP contribution is 2.33. The SMILES string of the molecule is CC[Si]1(CC)OCc2cc(C(F)(F)F)ccc21. The van der Waals surface area contributed by atoms with E-state index in [1.54, 1.807) is 6.07 Å². The fourth-order valence-electron chi connectivity index (χ4n) is 2.46. The second-order valence-electron chi connectivity index (χ2n) is 4.36. The smallest absolute Gasteiger partial charge is 0.408 e. The first-order valence-corrected chi connectivity index (χ1v) is 8.10. The van der Waals surface area contributed by atoms with E-state index < -0.39 is 20.1 Å². The molecule has 1 aromatic carbocycles. The van der Waals surface area contributed by atoms with Crippen LogP contribution in [-0.4, -0.2) is 8.32 Å². The Morgan fingerprint density at radius 1 is 1.24 bits per heavy atom. The molecule has 17 heavy (non-hydrogen) atoms. The molecule has 2 rings (SSSR count). The first-order valence-electron chi connectivity index (χ1n) is 5.77. The molecule has 0 radical (unpaired) electrons. The maximum absolute atomic E-state index is 12.6. The van der Waals surface area contributed by atoms with Gasteiger partial charge in [0.05, 0.1) is 12.2 Å². The summed E-state index contributed by atoms with van der Waals surface area (Å²) in [7, 11) is -1.95. The molecule has 1 aliphatic heterocycles. The molecule has 0 amide bonds. The summed E-state index contributed by atoms with van der Waals surface area (Å²) in [6.07, 6.45) is -4.26. The van der Waals surface area contributed by atoms with Crippen LogP contribution in [0.1, 0.15) is 25.0 Å². The Hall–Kier alpha value is -0.813. The molecule has 0 aliphatic carbocycles. The zero-order chi connectivity index (χ0) is 12.7. The first-order chi connectivity index (χ1) is 7.93. The fourth-order valence-corrected chi connectivity index (χ4v) is 5.84. The Bertz CT molecular complexity index is 424. The number of hydrogen-bond acceptors (Lipinski definition) is 1. The number of benzene rings is 1. The van der Waals surface area contributed by atoms with Crippen molar-refractivity contribution in [3.8, 4) is 0 Å². The summed E-state index contributed by atoms with van der Waals surface area (Å²) in [6, 6.07) is 5.89.